The second-order valence-corrected chi connectivity index (χ2v) is 5.15. The molecule has 1 aliphatic heterocycles. The smallest absolute Gasteiger partial charge is 0.0726 e. The Kier molecular flexibility index (Phi) is 4.19. The molecule has 1 aromatic rings. The fraction of sp³-hybridized carbons (Fsp3) is 0.600. The van der Waals surface area contributed by atoms with Crippen LogP contribution in [0.4, 0.5) is 0 Å². The van der Waals surface area contributed by atoms with Crippen molar-refractivity contribution in [3.8, 4) is 0 Å². The minimum absolute atomic E-state index is 0.403. The molecule has 0 aromatic heterocycles. The van der Waals surface area contributed by atoms with Gasteiger partial charge in [0, 0.05) is 19.2 Å². The van der Waals surface area contributed by atoms with Gasteiger partial charge >= 0.3 is 0 Å². The van der Waals surface area contributed by atoms with E-state index in [-0.39, 0.29) is 0 Å². The fourth-order valence-corrected chi connectivity index (χ4v) is 2.44. The molecule has 1 fully saturated rings. The minimum Gasteiger partial charge on any atom is -0.377 e. The Labute approximate surface area is 104 Å². The van der Waals surface area contributed by atoms with Gasteiger partial charge in [-0.3, -0.25) is 0 Å². The summed E-state index contributed by atoms with van der Waals surface area (Å²) in [6.45, 7) is 8.41. The van der Waals surface area contributed by atoms with E-state index in [9.17, 15) is 0 Å². The van der Waals surface area contributed by atoms with E-state index < -0.39 is 0 Å². The van der Waals surface area contributed by atoms with Crippen LogP contribution < -0.4 is 5.32 Å². The van der Waals surface area contributed by atoms with Crippen LogP contribution in [0.15, 0.2) is 18.2 Å². The fourth-order valence-electron chi connectivity index (χ4n) is 2.44. The molecule has 0 bridgehead atoms. The maximum absolute atomic E-state index is 5.69. The van der Waals surface area contributed by atoms with Crippen LogP contribution in [0.25, 0.3) is 0 Å². The van der Waals surface area contributed by atoms with E-state index in [0.29, 0.717) is 12.1 Å². The normalized spacial score (nSPS) is 21.7. The van der Waals surface area contributed by atoms with Gasteiger partial charge in [-0.1, -0.05) is 23.8 Å². The van der Waals surface area contributed by atoms with Crippen LogP contribution in [0.5, 0.6) is 0 Å². The molecule has 0 amide bonds. The first-order chi connectivity index (χ1) is 8.16. The molecular weight excluding hydrogens is 210 g/mol. The maximum atomic E-state index is 5.69. The summed E-state index contributed by atoms with van der Waals surface area (Å²) < 4.78 is 5.69. The molecule has 94 valence electrons. The van der Waals surface area contributed by atoms with E-state index in [4.69, 9.17) is 4.74 Å². The Balaban J connectivity index is 1.88. The molecular formula is C15H23NO. The van der Waals surface area contributed by atoms with Gasteiger partial charge in [0.05, 0.1) is 6.10 Å². The van der Waals surface area contributed by atoms with Crippen molar-refractivity contribution in [3.05, 3.63) is 34.9 Å². The average Bonchev–Trinajstić information content (AvgIpc) is 2.81. The lowest BCUT2D eigenvalue weighted by atomic mass is 10.0. The standard InChI is InChI=1S/C15H23NO/c1-11-6-7-14(12(2)9-11)10-16-13(3)15-5-4-8-17-15/h6-7,9,13,15-16H,4-5,8,10H2,1-3H3. The molecule has 1 N–H and O–H groups in total. The number of ether oxygens (including phenoxy) is 1. The van der Waals surface area contributed by atoms with Gasteiger partial charge in [-0.15, -0.1) is 0 Å². The minimum atomic E-state index is 0.403. The van der Waals surface area contributed by atoms with E-state index in [1.807, 2.05) is 0 Å². The number of aryl methyl sites for hydroxylation is 2. The summed E-state index contributed by atoms with van der Waals surface area (Å²) in [6.07, 6.45) is 2.81. The molecule has 0 radical (unpaired) electrons. The number of benzene rings is 1. The first-order valence-corrected chi connectivity index (χ1v) is 6.58. The number of hydrogen-bond acceptors (Lipinski definition) is 2. The van der Waals surface area contributed by atoms with E-state index in [0.717, 1.165) is 13.2 Å². The van der Waals surface area contributed by atoms with Crippen molar-refractivity contribution in [1.29, 1.82) is 0 Å². The zero-order valence-corrected chi connectivity index (χ0v) is 11.1. The van der Waals surface area contributed by atoms with Gasteiger partial charge in [0.25, 0.3) is 0 Å². The monoisotopic (exact) mass is 233 g/mol. The second kappa shape index (κ2) is 5.65. The predicted octanol–water partition coefficient (Wildman–Crippen LogP) is 2.96. The SMILES string of the molecule is Cc1ccc(CNC(C)C2CCCO2)c(C)c1. The maximum Gasteiger partial charge on any atom is 0.0726 e. The molecule has 0 saturated carbocycles. The summed E-state index contributed by atoms with van der Waals surface area (Å²) in [6, 6.07) is 7.09. The Bertz CT molecular complexity index is 369. The number of nitrogens with one attached hydrogen (secondary N) is 1. The molecule has 0 spiro atoms. The van der Waals surface area contributed by atoms with Crippen molar-refractivity contribution in [1.82, 2.24) is 5.32 Å². The molecule has 0 aliphatic carbocycles. The van der Waals surface area contributed by atoms with Crippen LogP contribution in [0.2, 0.25) is 0 Å². The molecule has 2 heteroatoms. The highest BCUT2D eigenvalue weighted by Crippen LogP contribution is 2.16. The van der Waals surface area contributed by atoms with Gasteiger partial charge in [0.15, 0.2) is 0 Å². The highest BCUT2D eigenvalue weighted by Gasteiger charge is 2.21. The first-order valence-electron chi connectivity index (χ1n) is 6.58. The summed E-state index contributed by atoms with van der Waals surface area (Å²) in [7, 11) is 0. The largest absolute Gasteiger partial charge is 0.377 e. The van der Waals surface area contributed by atoms with Gasteiger partial charge in [0.2, 0.25) is 0 Å². The first kappa shape index (κ1) is 12.6. The van der Waals surface area contributed by atoms with Gasteiger partial charge in [0.1, 0.15) is 0 Å². The lowest BCUT2D eigenvalue weighted by Gasteiger charge is -2.20. The summed E-state index contributed by atoms with van der Waals surface area (Å²) in [5.41, 5.74) is 4.09. The molecule has 1 aromatic carbocycles. The third kappa shape index (κ3) is 3.30. The molecule has 1 heterocycles. The van der Waals surface area contributed by atoms with Crippen LogP contribution in [0.3, 0.4) is 0 Å². The Morgan fingerprint density at radius 2 is 2.24 bits per heavy atom. The van der Waals surface area contributed by atoms with Crippen molar-refractivity contribution in [3.63, 3.8) is 0 Å². The van der Waals surface area contributed by atoms with Crippen molar-refractivity contribution in [2.75, 3.05) is 6.61 Å². The van der Waals surface area contributed by atoms with Gasteiger partial charge < -0.3 is 10.1 Å². The van der Waals surface area contributed by atoms with E-state index >= 15 is 0 Å². The topological polar surface area (TPSA) is 21.3 Å². The van der Waals surface area contributed by atoms with E-state index in [1.165, 1.54) is 29.5 Å². The van der Waals surface area contributed by atoms with Crippen molar-refractivity contribution >= 4 is 0 Å². The summed E-state index contributed by atoms with van der Waals surface area (Å²) >= 11 is 0. The van der Waals surface area contributed by atoms with Crippen molar-refractivity contribution in [2.45, 2.75) is 52.3 Å². The van der Waals surface area contributed by atoms with Gasteiger partial charge in [-0.25, -0.2) is 0 Å². The third-order valence-electron chi connectivity index (χ3n) is 3.64. The lowest BCUT2D eigenvalue weighted by molar-refractivity contribution is 0.0832. The Hall–Kier alpha value is -0.860. The second-order valence-electron chi connectivity index (χ2n) is 5.15. The van der Waals surface area contributed by atoms with Crippen LogP contribution in [0, 0.1) is 13.8 Å². The highest BCUT2D eigenvalue weighted by molar-refractivity contribution is 5.30. The Morgan fingerprint density at radius 3 is 2.88 bits per heavy atom. The quantitative estimate of drug-likeness (QED) is 0.863. The molecule has 1 aliphatic rings. The van der Waals surface area contributed by atoms with Crippen molar-refractivity contribution in [2.24, 2.45) is 0 Å². The summed E-state index contributed by atoms with van der Waals surface area (Å²) in [5, 5.41) is 3.58. The van der Waals surface area contributed by atoms with Gasteiger partial charge in [-0.05, 0) is 44.7 Å². The highest BCUT2D eigenvalue weighted by atomic mass is 16.5. The van der Waals surface area contributed by atoms with Crippen LogP contribution in [0.1, 0.15) is 36.5 Å². The van der Waals surface area contributed by atoms with Crippen molar-refractivity contribution < 1.29 is 4.74 Å². The molecule has 2 unspecified atom stereocenters. The zero-order valence-electron chi connectivity index (χ0n) is 11.1. The third-order valence-corrected chi connectivity index (χ3v) is 3.64. The summed E-state index contributed by atoms with van der Waals surface area (Å²) in [5.74, 6) is 0. The lowest BCUT2D eigenvalue weighted by Crippen LogP contribution is -2.36. The molecule has 2 rings (SSSR count). The van der Waals surface area contributed by atoms with Crippen LogP contribution in [-0.2, 0) is 11.3 Å². The summed E-state index contributed by atoms with van der Waals surface area (Å²) in [4.78, 5) is 0. The number of rotatable bonds is 4. The van der Waals surface area contributed by atoms with E-state index in [1.54, 1.807) is 0 Å². The zero-order chi connectivity index (χ0) is 12.3. The molecule has 2 atom stereocenters. The Morgan fingerprint density at radius 1 is 1.41 bits per heavy atom. The molecule has 1 saturated heterocycles. The van der Waals surface area contributed by atoms with Gasteiger partial charge in [-0.2, -0.15) is 0 Å². The van der Waals surface area contributed by atoms with E-state index in [2.05, 4.69) is 44.3 Å². The predicted molar refractivity (Wildman–Crippen MR) is 71.2 cm³/mol. The number of hydrogen-bond donors (Lipinski definition) is 1. The van der Waals surface area contributed by atoms with Crippen LogP contribution >= 0.6 is 0 Å². The average molecular weight is 233 g/mol. The molecule has 2 nitrogen and oxygen atoms in total. The van der Waals surface area contributed by atoms with Crippen LogP contribution in [-0.4, -0.2) is 18.8 Å². The molecule has 17 heavy (non-hydrogen) atoms.